The molecule has 2 fully saturated rings. The van der Waals surface area contributed by atoms with Crippen LogP contribution in [0.2, 0.25) is 0 Å². The van der Waals surface area contributed by atoms with E-state index in [9.17, 15) is 35.7 Å². The topological polar surface area (TPSA) is 270 Å². The largest absolute Gasteiger partial charge is 1.00 e. The number of aliphatic hydroxyl groups excluding tert-OH is 8. The first kappa shape index (κ1) is 33.6. The van der Waals surface area contributed by atoms with Crippen molar-refractivity contribution in [2.24, 2.45) is 0 Å². The minimum absolute atomic E-state index is 0. The predicted octanol–water partition coefficient (Wildman–Crippen LogP) is -12.7. The maximum absolute atomic E-state index is 9.94. The molecule has 0 aromatic rings. The fourth-order valence-corrected chi connectivity index (χ4v) is 2.57. The van der Waals surface area contributed by atoms with Crippen molar-refractivity contribution in [3.63, 3.8) is 0 Å². The Kier molecular flexibility index (Phi) is 16.4. The van der Waals surface area contributed by atoms with Gasteiger partial charge in [-0.3, -0.25) is 8.42 Å². The molecule has 8 N–H and O–H groups in total. The van der Waals surface area contributed by atoms with Gasteiger partial charge < -0.3 is 64.2 Å². The normalized spacial score (nSPS) is 41.5. The SMILES string of the molecule is O=S(=O)([O-])[O-].OC[C@H]1O[C@@H](O[C@H]2[C@H](O)[C@@H](O)[C@@H](O)O[C@@H]2CO)[C@H](O)[C@@H](O)[C@H]1O.[Na+].[Na+]. The van der Waals surface area contributed by atoms with Gasteiger partial charge in [-0.15, -0.1) is 0 Å². The fraction of sp³-hybridized carbons (Fsp3) is 1.00. The van der Waals surface area contributed by atoms with Gasteiger partial charge in [-0.2, -0.15) is 0 Å². The summed E-state index contributed by atoms with van der Waals surface area (Å²) in [5.41, 5.74) is 0. The van der Waals surface area contributed by atoms with Gasteiger partial charge in [0.1, 0.15) is 48.8 Å². The van der Waals surface area contributed by atoms with E-state index in [0.717, 1.165) is 0 Å². The molecule has 2 rings (SSSR count). The van der Waals surface area contributed by atoms with Crippen LogP contribution in [0.25, 0.3) is 0 Å². The predicted molar refractivity (Wildman–Crippen MR) is 79.1 cm³/mol. The summed E-state index contributed by atoms with van der Waals surface area (Å²) in [5.74, 6) is 0. The maximum Gasteiger partial charge on any atom is 1.00 e. The van der Waals surface area contributed by atoms with Crippen LogP contribution < -0.4 is 59.1 Å². The first-order chi connectivity index (χ1) is 12.8. The molecule has 0 amide bonds. The van der Waals surface area contributed by atoms with E-state index in [1.54, 1.807) is 0 Å². The molecule has 0 aliphatic carbocycles. The average Bonchev–Trinajstić information content (AvgIpc) is 2.60. The van der Waals surface area contributed by atoms with E-state index in [1.807, 2.05) is 0 Å². The van der Waals surface area contributed by atoms with Crippen molar-refractivity contribution in [1.82, 2.24) is 0 Å². The van der Waals surface area contributed by atoms with Crippen molar-refractivity contribution < 1.29 is 132 Å². The van der Waals surface area contributed by atoms with E-state index in [1.165, 1.54) is 0 Å². The summed E-state index contributed by atoms with van der Waals surface area (Å²) in [7, 11) is -5.17. The van der Waals surface area contributed by atoms with Crippen LogP contribution in [0.1, 0.15) is 0 Å². The van der Waals surface area contributed by atoms with Crippen LogP contribution in [0.5, 0.6) is 0 Å². The van der Waals surface area contributed by atoms with E-state index in [4.69, 9.17) is 36.8 Å². The van der Waals surface area contributed by atoms with Crippen molar-refractivity contribution in [1.29, 1.82) is 0 Å². The fourth-order valence-electron chi connectivity index (χ4n) is 2.57. The van der Waals surface area contributed by atoms with E-state index in [0.29, 0.717) is 0 Å². The minimum Gasteiger partial charge on any atom is -0.759 e. The maximum atomic E-state index is 9.94. The molecule has 0 radical (unpaired) electrons. The quantitative estimate of drug-likeness (QED) is 0.104. The van der Waals surface area contributed by atoms with Crippen molar-refractivity contribution in [2.75, 3.05) is 13.2 Å². The zero-order valence-corrected chi connectivity index (χ0v) is 20.8. The van der Waals surface area contributed by atoms with Gasteiger partial charge in [-0.25, -0.2) is 0 Å². The summed E-state index contributed by atoms with van der Waals surface area (Å²) in [6, 6.07) is 0. The molecule has 2 aliphatic rings. The second kappa shape index (κ2) is 14.6. The van der Waals surface area contributed by atoms with Crippen LogP contribution in [-0.2, 0) is 24.6 Å². The number of aliphatic hydroxyl groups is 8. The Hall–Kier alpha value is 1.43. The Morgan fingerprint density at radius 1 is 0.733 bits per heavy atom. The van der Waals surface area contributed by atoms with E-state index in [2.05, 4.69) is 0 Å². The molecule has 168 valence electrons. The molecule has 0 aromatic heterocycles. The number of rotatable bonds is 4. The molecule has 10 atom stereocenters. The van der Waals surface area contributed by atoms with Gasteiger partial charge in [0.25, 0.3) is 0 Å². The van der Waals surface area contributed by atoms with Crippen LogP contribution >= 0.6 is 0 Å². The zero-order valence-electron chi connectivity index (χ0n) is 16.0. The second-order valence-corrected chi connectivity index (χ2v) is 6.75. The second-order valence-electron chi connectivity index (χ2n) is 5.94. The Bertz CT molecular complexity index is 570. The summed E-state index contributed by atoms with van der Waals surface area (Å²) >= 11 is 0. The molecule has 2 saturated heterocycles. The third-order valence-corrected chi connectivity index (χ3v) is 3.98. The Labute approximate surface area is 215 Å². The summed E-state index contributed by atoms with van der Waals surface area (Å²) in [6.45, 7) is -1.35. The Balaban J connectivity index is 0. The van der Waals surface area contributed by atoms with E-state index in [-0.39, 0.29) is 59.1 Å². The van der Waals surface area contributed by atoms with Crippen LogP contribution in [0.15, 0.2) is 0 Å². The summed E-state index contributed by atoms with van der Waals surface area (Å²) < 4.78 is 49.3. The molecule has 0 saturated carbocycles. The monoisotopic (exact) mass is 484 g/mol. The van der Waals surface area contributed by atoms with Gasteiger partial charge in [0.05, 0.1) is 13.2 Å². The molecular weight excluding hydrogens is 462 g/mol. The average molecular weight is 484 g/mol. The Morgan fingerprint density at radius 2 is 1.20 bits per heavy atom. The molecule has 2 heterocycles. The first-order valence-corrected chi connectivity index (χ1v) is 9.08. The first-order valence-electron chi connectivity index (χ1n) is 7.75. The third kappa shape index (κ3) is 9.74. The molecular formula is C12H22Na2O15S. The van der Waals surface area contributed by atoms with Crippen LogP contribution in [-0.4, -0.2) is 133 Å². The molecule has 30 heavy (non-hydrogen) atoms. The molecule has 0 aromatic carbocycles. The molecule has 0 spiro atoms. The third-order valence-electron chi connectivity index (χ3n) is 3.98. The van der Waals surface area contributed by atoms with Gasteiger partial charge in [0, 0.05) is 10.4 Å². The van der Waals surface area contributed by atoms with Crippen molar-refractivity contribution in [3.8, 4) is 0 Å². The number of ether oxygens (including phenoxy) is 3. The smallest absolute Gasteiger partial charge is 0.759 e. The van der Waals surface area contributed by atoms with Crippen LogP contribution in [0, 0.1) is 0 Å². The number of hydrogen-bond acceptors (Lipinski definition) is 15. The van der Waals surface area contributed by atoms with Crippen LogP contribution in [0.4, 0.5) is 0 Å². The molecule has 0 unspecified atom stereocenters. The molecule has 2 aliphatic heterocycles. The van der Waals surface area contributed by atoms with Gasteiger partial charge in [-0.1, -0.05) is 0 Å². The molecule has 18 heteroatoms. The standard InChI is InChI=1S/C12H22O11.2Na.H2O4S/c13-1-3-5(15)6(16)9(19)12(22-3)23-10-4(2-14)21-11(20)8(18)7(10)17;;;1-5(2,3)4/h3-20H,1-2H2;;;(H2,1,2,3,4)/q;2*+1;/p-2/t3-,4-,5+,6+,7-,8-,9-,10-,11+,12+;;;/m1.../s1. The van der Waals surface area contributed by atoms with E-state index < -0.39 is 85.0 Å². The minimum atomic E-state index is -5.17. The zero-order chi connectivity index (χ0) is 21.8. The summed E-state index contributed by atoms with van der Waals surface area (Å²) in [5, 5.41) is 76.5. The van der Waals surface area contributed by atoms with Crippen molar-refractivity contribution in [2.45, 2.75) is 61.4 Å². The van der Waals surface area contributed by atoms with Gasteiger partial charge >= 0.3 is 59.1 Å². The number of hydrogen-bond donors (Lipinski definition) is 8. The van der Waals surface area contributed by atoms with Gasteiger partial charge in [0.2, 0.25) is 0 Å². The van der Waals surface area contributed by atoms with E-state index >= 15 is 0 Å². The van der Waals surface area contributed by atoms with Crippen LogP contribution in [0.3, 0.4) is 0 Å². The summed E-state index contributed by atoms with van der Waals surface area (Å²) in [4.78, 5) is 0. The van der Waals surface area contributed by atoms with Crippen molar-refractivity contribution >= 4 is 10.4 Å². The Morgan fingerprint density at radius 3 is 1.63 bits per heavy atom. The summed E-state index contributed by atoms with van der Waals surface area (Å²) in [6.07, 6.45) is -15.6. The molecule has 15 nitrogen and oxygen atoms in total. The van der Waals surface area contributed by atoms with Crippen molar-refractivity contribution in [3.05, 3.63) is 0 Å². The molecule has 0 bridgehead atoms. The van der Waals surface area contributed by atoms with Gasteiger partial charge in [0.15, 0.2) is 12.6 Å². The van der Waals surface area contributed by atoms with Gasteiger partial charge in [-0.05, 0) is 0 Å².